The van der Waals surface area contributed by atoms with Gasteiger partial charge in [0, 0.05) is 11.4 Å². The fourth-order valence-corrected chi connectivity index (χ4v) is 2.75. The second-order valence-electron chi connectivity index (χ2n) is 3.74. The number of amides is 2. The van der Waals surface area contributed by atoms with Crippen LogP contribution in [0.5, 0.6) is 0 Å². The molecule has 16 heavy (non-hydrogen) atoms. The molecule has 0 aliphatic carbocycles. The van der Waals surface area contributed by atoms with Crippen LogP contribution in [0.25, 0.3) is 0 Å². The fraction of sp³-hybridized carbons (Fsp3) is 0.400. The van der Waals surface area contributed by atoms with Crippen molar-refractivity contribution < 1.29 is 14.7 Å². The van der Waals surface area contributed by atoms with E-state index in [1.807, 2.05) is 18.4 Å². The monoisotopic (exact) mass is 240 g/mol. The van der Waals surface area contributed by atoms with E-state index < -0.39 is 5.97 Å². The Balaban J connectivity index is 2.09. The minimum atomic E-state index is -0.987. The van der Waals surface area contributed by atoms with Crippen LogP contribution in [0, 0.1) is 6.92 Å². The van der Waals surface area contributed by atoms with E-state index >= 15 is 0 Å². The molecule has 1 aromatic heterocycles. The molecule has 2 N–H and O–H groups in total. The largest absolute Gasteiger partial charge is 0.480 e. The van der Waals surface area contributed by atoms with Crippen molar-refractivity contribution in [2.24, 2.45) is 0 Å². The maximum atomic E-state index is 11.5. The van der Waals surface area contributed by atoms with Crippen LogP contribution in [0.15, 0.2) is 11.4 Å². The summed E-state index contributed by atoms with van der Waals surface area (Å²) in [6.45, 7) is 2.16. The van der Waals surface area contributed by atoms with Gasteiger partial charge in [0.2, 0.25) is 0 Å². The Morgan fingerprint density at radius 2 is 2.50 bits per heavy atom. The number of rotatable bonds is 3. The van der Waals surface area contributed by atoms with Crippen molar-refractivity contribution in [2.45, 2.75) is 13.0 Å². The number of hydrogen-bond acceptors (Lipinski definition) is 3. The molecule has 0 saturated carbocycles. The van der Waals surface area contributed by atoms with Crippen molar-refractivity contribution in [1.82, 2.24) is 10.2 Å². The number of thiophene rings is 1. The Bertz CT molecular complexity index is 429. The minimum absolute atomic E-state index is 0.0770. The van der Waals surface area contributed by atoms with Crippen molar-refractivity contribution in [3.63, 3.8) is 0 Å². The van der Waals surface area contributed by atoms with E-state index in [2.05, 4.69) is 5.32 Å². The van der Waals surface area contributed by atoms with Crippen LogP contribution in [0.3, 0.4) is 0 Å². The summed E-state index contributed by atoms with van der Waals surface area (Å²) in [5.41, 5.74) is 1.13. The van der Waals surface area contributed by atoms with Gasteiger partial charge in [0.05, 0.1) is 6.04 Å². The van der Waals surface area contributed by atoms with Crippen LogP contribution in [-0.4, -0.2) is 35.1 Å². The molecular weight excluding hydrogens is 228 g/mol. The van der Waals surface area contributed by atoms with Gasteiger partial charge in [-0.2, -0.15) is 0 Å². The molecule has 1 fully saturated rings. The third kappa shape index (κ3) is 2.01. The van der Waals surface area contributed by atoms with Crippen molar-refractivity contribution in [1.29, 1.82) is 0 Å². The number of nitrogens with one attached hydrogen (secondary N) is 1. The summed E-state index contributed by atoms with van der Waals surface area (Å²) < 4.78 is 0. The maximum absolute atomic E-state index is 11.5. The lowest BCUT2D eigenvalue weighted by molar-refractivity contribution is -0.137. The zero-order valence-electron chi connectivity index (χ0n) is 8.77. The van der Waals surface area contributed by atoms with E-state index in [0.717, 1.165) is 10.4 Å². The molecule has 0 radical (unpaired) electrons. The topological polar surface area (TPSA) is 69.6 Å². The van der Waals surface area contributed by atoms with Crippen molar-refractivity contribution in [3.8, 4) is 0 Å². The van der Waals surface area contributed by atoms with Crippen molar-refractivity contribution in [2.75, 3.05) is 13.1 Å². The SMILES string of the molecule is Cc1ccsc1C1CN(CC(=O)O)C(=O)N1. The van der Waals surface area contributed by atoms with Crippen LogP contribution in [0.2, 0.25) is 0 Å². The third-order valence-electron chi connectivity index (χ3n) is 2.53. The Morgan fingerprint density at radius 1 is 1.75 bits per heavy atom. The second-order valence-corrected chi connectivity index (χ2v) is 4.69. The Labute approximate surface area is 96.7 Å². The van der Waals surface area contributed by atoms with E-state index in [1.165, 1.54) is 4.90 Å². The first-order chi connectivity index (χ1) is 7.58. The average Bonchev–Trinajstić information content (AvgIpc) is 2.73. The Hall–Kier alpha value is -1.56. The van der Waals surface area contributed by atoms with Crippen molar-refractivity contribution >= 4 is 23.3 Å². The molecule has 1 aromatic rings. The van der Waals surface area contributed by atoms with Crippen LogP contribution < -0.4 is 5.32 Å². The van der Waals surface area contributed by atoms with Gasteiger partial charge in [0.15, 0.2) is 0 Å². The van der Waals surface area contributed by atoms with Crippen LogP contribution in [-0.2, 0) is 4.79 Å². The summed E-state index contributed by atoms with van der Waals surface area (Å²) in [5, 5.41) is 13.4. The molecule has 1 atom stereocenters. The summed E-state index contributed by atoms with van der Waals surface area (Å²) in [5.74, 6) is -0.987. The zero-order chi connectivity index (χ0) is 11.7. The molecule has 86 valence electrons. The van der Waals surface area contributed by atoms with E-state index in [-0.39, 0.29) is 18.6 Å². The normalized spacial score (nSPS) is 19.9. The average molecular weight is 240 g/mol. The van der Waals surface area contributed by atoms with Gasteiger partial charge in [-0.05, 0) is 23.9 Å². The number of hydrogen-bond donors (Lipinski definition) is 2. The molecule has 6 heteroatoms. The van der Waals surface area contributed by atoms with Gasteiger partial charge in [-0.3, -0.25) is 4.79 Å². The lowest BCUT2D eigenvalue weighted by atomic mass is 10.2. The highest BCUT2D eigenvalue weighted by atomic mass is 32.1. The van der Waals surface area contributed by atoms with E-state index in [4.69, 9.17) is 5.11 Å². The van der Waals surface area contributed by atoms with Crippen LogP contribution in [0.4, 0.5) is 4.79 Å². The molecule has 1 aliphatic heterocycles. The number of carboxylic acids is 1. The lowest BCUT2D eigenvalue weighted by Gasteiger charge is -2.11. The molecule has 2 rings (SSSR count). The predicted molar refractivity (Wildman–Crippen MR) is 59.5 cm³/mol. The highest BCUT2D eigenvalue weighted by molar-refractivity contribution is 7.10. The predicted octanol–water partition coefficient (Wildman–Crippen LogP) is 1.21. The number of aryl methyl sites for hydroxylation is 1. The van der Waals surface area contributed by atoms with Crippen molar-refractivity contribution in [3.05, 3.63) is 21.9 Å². The fourth-order valence-electron chi connectivity index (χ4n) is 1.78. The smallest absolute Gasteiger partial charge is 0.323 e. The van der Waals surface area contributed by atoms with Crippen LogP contribution in [0.1, 0.15) is 16.5 Å². The first-order valence-corrected chi connectivity index (χ1v) is 5.77. The quantitative estimate of drug-likeness (QED) is 0.834. The van der Waals surface area contributed by atoms with Crippen LogP contribution >= 0.6 is 11.3 Å². The maximum Gasteiger partial charge on any atom is 0.323 e. The van der Waals surface area contributed by atoms with Gasteiger partial charge in [0.1, 0.15) is 6.54 Å². The number of carbonyl (C=O) groups excluding carboxylic acids is 1. The lowest BCUT2D eigenvalue weighted by Crippen LogP contribution is -2.32. The second kappa shape index (κ2) is 4.13. The summed E-state index contributed by atoms with van der Waals surface area (Å²) >= 11 is 1.58. The molecule has 1 aliphatic rings. The van der Waals surface area contributed by atoms with Gasteiger partial charge in [-0.15, -0.1) is 11.3 Å². The minimum Gasteiger partial charge on any atom is -0.480 e. The Kier molecular flexibility index (Phi) is 2.82. The molecule has 0 spiro atoms. The molecule has 2 heterocycles. The molecule has 5 nitrogen and oxygen atoms in total. The van der Waals surface area contributed by atoms with Gasteiger partial charge in [0.25, 0.3) is 0 Å². The summed E-state index contributed by atoms with van der Waals surface area (Å²) in [6, 6.07) is 1.61. The Morgan fingerprint density at radius 3 is 3.06 bits per heavy atom. The molecular formula is C10H12N2O3S. The standard InChI is InChI=1S/C10H12N2O3S/c1-6-2-3-16-9(6)7-4-12(5-8(13)14)10(15)11-7/h2-3,7H,4-5H2,1H3,(H,11,15)(H,13,14). The number of carbonyl (C=O) groups is 2. The van der Waals surface area contributed by atoms with E-state index in [9.17, 15) is 9.59 Å². The molecule has 0 aromatic carbocycles. The van der Waals surface area contributed by atoms with Gasteiger partial charge in [-0.1, -0.05) is 0 Å². The van der Waals surface area contributed by atoms with E-state index in [1.54, 1.807) is 11.3 Å². The first-order valence-electron chi connectivity index (χ1n) is 4.89. The number of urea groups is 1. The highest BCUT2D eigenvalue weighted by Gasteiger charge is 2.32. The highest BCUT2D eigenvalue weighted by Crippen LogP contribution is 2.27. The number of carboxylic acid groups (broad SMARTS) is 1. The molecule has 1 saturated heterocycles. The summed E-state index contributed by atoms with van der Waals surface area (Å²) in [7, 11) is 0. The summed E-state index contributed by atoms with van der Waals surface area (Å²) in [4.78, 5) is 24.4. The zero-order valence-corrected chi connectivity index (χ0v) is 9.58. The molecule has 0 bridgehead atoms. The third-order valence-corrected chi connectivity index (χ3v) is 3.66. The van der Waals surface area contributed by atoms with Gasteiger partial charge < -0.3 is 15.3 Å². The van der Waals surface area contributed by atoms with E-state index in [0.29, 0.717) is 6.54 Å². The van der Waals surface area contributed by atoms with Gasteiger partial charge in [-0.25, -0.2) is 4.79 Å². The number of aliphatic carboxylic acids is 1. The number of nitrogens with zero attached hydrogens (tertiary/aromatic N) is 1. The van der Waals surface area contributed by atoms with Gasteiger partial charge >= 0.3 is 12.0 Å². The molecule has 2 amide bonds. The molecule has 1 unspecified atom stereocenters. The summed E-state index contributed by atoms with van der Waals surface area (Å²) in [6.07, 6.45) is 0. The first kappa shape index (κ1) is 10.9.